The van der Waals surface area contributed by atoms with E-state index in [1.807, 2.05) is 41.5 Å². The molecular weight excluding hydrogens is 425 g/mol. The van der Waals surface area contributed by atoms with E-state index in [9.17, 15) is 22.8 Å². The summed E-state index contributed by atoms with van der Waals surface area (Å²) in [5.41, 5.74) is 0. The lowest BCUT2D eigenvalue weighted by Crippen LogP contribution is -2.34. The molecule has 11 heteroatoms. The van der Waals surface area contributed by atoms with Crippen LogP contribution in [0.3, 0.4) is 0 Å². The predicted octanol–water partition coefficient (Wildman–Crippen LogP) is 6.23. The van der Waals surface area contributed by atoms with Crippen LogP contribution in [0.1, 0.15) is 74.1 Å². The lowest BCUT2D eigenvalue weighted by Gasteiger charge is -2.16. The van der Waals surface area contributed by atoms with Crippen LogP contribution in [0.5, 0.6) is 0 Å². The molecular formula is C19H41F3N2O5S. The van der Waals surface area contributed by atoms with E-state index in [1.54, 1.807) is 6.92 Å². The Kier molecular flexibility index (Phi) is 33.2. The Morgan fingerprint density at radius 3 is 1.67 bits per heavy atom. The summed E-state index contributed by atoms with van der Waals surface area (Å²) >= 11 is -0.932. The number of amides is 2. The molecule has 0 aliphatic rings. The molecule has 0 fully saturated rings. The highest BCUT2D eigenvalue weighted by atomic mass is 32.2. The third-order valence-corrected chi connectivity index (χ3v) is 3.26. The Morgan fingerprint density at radius 2 is 1.30 bits per heavy atom. The number of carbonyl (C=O) groups excluding carboxylic acids is 2. The van der Waals surface area contributed by atoms with Crippen LogP contribution in [0.4, 0.5) is 22.8 Å². The molecule has 1 unspecified atom stereocenters. The second kappa shape index (κ2) is 27.6. The molecule has 0 aliphatic carbocycles. The molecule has 0 saturated heterocycles. The van der Waals surface area contributed by atoms with Gasteiger partial charge in [-0.05, 0) is 19.8 Å². The normalized spacial score (nSPS) is 10.5. The molecule has 0 aromatic carbocycles. The highest BCUT2D eigenvalue weighted by Crippen LogP contribution is 2.32. The Hall–Kier alpha value is -1.36. The van der Waals surface area contributed by atoms with Crippen molar-refractivity contribution in [2.75, 3.05) is 26.3 Å². The minimum atomic E-state index is -4.02. The first-order valence-corrected chi connectivity index (χ1v) is 11.3. The van der Waals surface area contributed by atoms with Crippen LogP contribution in [0, 0.1) is 0 Å². The van der Waals surface area contributed by atoms with Gasteiger partial charge in [0.15, 0.2) is 0 Å². The molecule has 30 heavy (non-hydrogen) atoms. The van der Waals surface area contributed by atoms with E-state index in [2.05, 4.69) is 20.1 Å². The topological polar surface area (TPSA) is 96.9 Å². The fourth-order valence-corrected chi connectivity index (χ4v) is 1.70. The lowest BCUT2D eigenvalue weighted by atomic mass is 10.2. The number of hydrogen-bond donors (Lipinski definition) is 3. The van der Waals surface area contributed by atoms with Crippen LogP contribution in [0.2, 0.25) is 0 Å². The number of halogens is 3. The summed E-state index contributed by atoms with van der Waals surface area (Å²) in [6, 6.07) is 0. The summed E-state index contributed by atoms with van der Waals surface area (Å²) in [5, 5.41) is 0.855. The van der Waals surface area contributed by atoms with Gasteiger partial charge < -0.3 is 24.7 Å². The van der Waals surface area contributed by atoms with Crippen molar-refractivity contribution in [3.63, 3.8) is 0 Å². The van der Waals surface area contributed by atoms with Gasteiger partial charge in [-0.15, -0.1) is 0 Å². The first-order chi connectivity index (χ1) is 14.3. The number of unbranched alkanes of at least 4 members (excludes halogenated alkanes) is 3. The molecule has 0 aromatic heterocycles. The fraction of sp³-hybridized carbons (Fsp3) is 0.895. The maximum absolute atomic E-state index is 12.9. The van der Waals surface area contributed by atoms with Gasteiger partial charge in [0.2, 0.25) is 6.17 Å². The molecule has 0 spiro atoms. The van der Waals surface area contributed by atoms with E-state index in [-0.39, 0.29) is 6.54 Å². The van der Waals surface area contributed by atoms with Crippen molar-refractivity contribution in [3.8, 4) is 0 Å². The van der Waals surface area contributed by atoms with Crippen LogP contribution in [0.15, 0.2) is 0 Å². The molecule has 7 nitrogen and oxygen atoms in total. The molecule has 0 radical (unpaired) electrons. The van der Waals surface area contributed by atoms with Crippen molar-refractivity contribution in [2.45, 2.75) is 85.6 Å². The lowest BCUT2D eigenvalue weighted by molar-refractivity contribution is -0.0204. The monoisotopic (exact) mass is 466 g/mol. The smallest absolute Gasteiger partial charge is 0.407 e. The van der Waals surface area contributed by atoms with E-state index in [1.165, 1.54) is 0 Å². The predicted molar refractivity (Wildman–Crippen MR) is 117 cm³/mol. The molecule has 0 saturated carbocycles. The Labute approximate surface area is 184 Å². The molecule has 0 aromatic rings. The maximum atomic E-state index is 12.9. The van der Waals surface area contributed by atoms with Gasteiger partial charge in [-0.2, -0.15) is 8.78 Å². The molecule has 0 aliphatic heterocycles. The van der Waals surface area contributed by atoms with Crippen molar-refractivity contribution < 1.29 is 36.8 Å². The summed E-state index contributed by atoms with van der Waals surface area (Å²) in [6.45, 7) is 13.6. The van der Waals surface area contributed by atoms with Gasteiger partial charge in [0.05, 0.1) is 18.6 Å². The van der Waals surface area contributed by atoms with Crippen LogP contribution in [0.25, 0.3) is 0 Å². The largest absolute Gasteiger partial charge is 0.450 e. The van der Waals surface area contributed by atoms with Gasteiger partial charge in [-0.25, -0.2) is 14.0 Å². The Bertz CT molecular complexity index is 382. The Balaban J connectivity index is -0.000000512. The van der Waals surface area contributed by atoms with E-state index in [0.29, 0.717) is 19.6 Å². The van der Waals surface area contributed by atoms with E-state index in [0.717, 1.165) is 19.3 Å². The average Bonchev–Trinajstić information content (AvgIpc) is 2.78. The molecule has 0 heterocycles. The average molecular weight is 467 g/mol. The zero-order chi connectivity index (χ0) is 24.4. The zero-order valence-corrected chi connectivity index (χ0v) is 20.2. The number of alkyl carbamates (subject to hydrolysis) is 2. The summed E-state index contributed by atoms with van der Waals surface area (Å²) in [6.07, 6.45) is -1.29. The fourth-order valence-electron chi connectivity index (χ4n) is 1.52. The minimum absolute atomic E-state index is 0.256. The van der Waals surface area contributed by atoms with Gasteiger partial charge >= 0.3 is 17.4 Å². The van der Waals surface area contributed by atoms with Crippen LogP contribution in [-0.2, 0) is 9.47 Å². The number of alkyl halides is 3. The number of nitrogens with one attached hydrogen (secondary N) is 2. The summed E-state index contributed by atoms with van der Waals surface area (Å²) in [4.78, 5) is 22.1. The van der Waals surface area contributed by atoms with Crippen LogP contribution < -0.4 is 10.6 Å². The number of carbonyl (C=O) groups is 2. The van der Waals surface area contributed by atoms with Crippen molar-refractivity contribution in [1.82, 2.24) is 10.6 Å². The molecule has 2 amide bonds. The van der Waals surface area contributed by atoms with Crippen molar-refractivity contribution in [3.05, 3.63) is 0 Å². The number of ether oxygens (including phenoxy) is 2. The van der Waals surface area contributed by atoms with Crippen molar-refractivity contribution in [2.24, 2.45) is 0 Å². The first-order valence-electron chi connectivity index (χ1n) is 10.5. The molecule has 1 atom stereocenters. The third kappa shape index (κ3) is 24.7. The van der Waals surface area contributed by atoms with Gasteiger partial charge in [-0.3, -0.25) is 0 Å². The SMILES string of the molecule is CC.CC.CC.CCOC(=O)NCCCCCCNC(=O)OCC(F)C(F)(F)SO. The molecule has 0 rings (SSSR count). The second-order valence-electron chi connectivity index (χ2n) is 4.71. The van der Waals surface area contributed by atoms with Gasteiger partial charge in [-0.1, -0.05) is 54.4 Å². The second-order valence-corrected chi connectivity index (χ2v) is 5.43. The van der Waals surface area contributed by atoms with Crippen molar-refractivity contribution >= 4 is 24.2 Å². The summed E-state index contributed by atoms with van der Waals surface area (Å²) in [5.74, 6) is 0. The maximum Gasteiger partial charge on any atom is 0.407 e. The van der Waals surface area contributed by atoms with Gasteiger partial charge in [0.25, 0.3) is 0 Å². The van der Waals surface area contributed by atoms with E-state index in [4.69, 9.17) is 4.55 Å². The van der Waals surface area contributed by atoms with Crippen LogP contribution >= 0.6 is 12.0 Å². The van der Waals surface area contributed by atoms with Crippen molar-refractivity contribution in [1.29, 1.82) is 0 Å². The first kappa shape index (κ1) is 36.0. The number of hydrogen-bond acceptors (Lipinski definition) is 6. The quantitative estimate of drug-likeness (QED) is 0.233. The Morgan fingerprint density at radius 1 is 0.900 bits per heavy atom. The van der Waals surface area contributed by atoms with Gasteiger partial charge in [0, 0.05) is 13.1 Å². The zero-order valence-electron chi connectivity index (χ0n) is 19.4. The summed E-state index contributed by atoms with van der Waals surface area (Å²) in [7, 11) is 0. The molecule has 184 valence electrons. The van der Waals surface area contributed by atoms with E-state index < -0.39 is 42.3 Å². The number of rotatable bonds is 12. The molecule has 0 bridgehead atoms. The highest BCUT2D eigenvalue weighted by molar-refractivity contribution is 7.94. The summed E-state index contributed by atoms with van der Waals surface area (Å²) < 4.78 is 55.4. The molecule has 3 N–H and O–H groups in total. The van der Waals surface area contributed by atoms with E-state index >= 15 is 0 Å². The highest BCUT2D eigenvalue weighted by Gasteiger charge is 2.42. The standard InChI is InChI=1S/C13H23F3N2O5S.3C2H6/c1-2-22-11(19)17-7-5-3-4-6-8-18-12(20)23-9-10(14)13(15,16)24-21;3*1-2/h10,21H,2-9H2,1H3,(H,17,19)(H,18,20);3*1-2H3. The van der Waals surface area contributed by atoms with Crippen LogP contribution in [-0.4, -0.2) is 54.5 Å². The third-order valence-electron chi connectivity index (χ3n) is 2.76. The minimum Gasteiger partial charge on any atom is -0.450 e. The van der Waals surface area contributed by atoms with Gasteiger partial charge in [0.1, 0.15) is 6.61 Å².